The summed E-state index contributed by atoms with van der Waals surface area (Å²) in [6, 6.07) is 15.0. The summed E-state index contributed by atoms with van der Waals surface area (Å²) in [5.41, 5.74) is 2.59. The smallest absolute Gasteiger partial charge is 0.0991 e. The van der Waals surface area contributed by atoms with Gasteiger partial charge in [0.05, 0.1) is 21.7 Å². The number of nitrogens with one attached hydrogen (secondary N) is 1. The van der Waals surface area contributed by atoms with Gasteiger partial charge in [-0.2, -0.15) is 5.26 Å². The van der Waals surface area contributed by atoms with E-state index in [2.05, 4.69) is 11.4 Å². The fraction of sp³-hybridized carbons (Fsp3) is 0.0714. The van der Waals surface area contributed by atoms with Crippen molar-refractivity contribution < 1.29 is 0 Å². The van der Waals surface area contributed by atoms with Crippen molar-refractivity contribution in [2.75, 3.05) is 5.32 Å². The van der Waals surface area contributed by atoms with Crippen molar-refractivity contribution in [1.82, 2.24) is 0 Å². The van der Waals surface area contributed by atoms with Crippen LogP contribution in [-0.4, -0.2) is 0 Å². The molecule has 0 amide bonds. The Morgan fingerprint density at radius 2 is 1.89 bits per heavy atom. The molecule has 0 fully saturated rings. The first-order chi connectivity index (χ1) is 8.69. The highest BCUT2D eigenvalue weighted by Crippen LogP contribution is 2.25. The minimum absolute atomic E-state index is 0.521. The summed E-state index contributed by atoms with van der Waals surface area (Å²) in [5.74, 6) is 0. The lowest BCUT2D eigenvalue weighted by Crippen LogP contribution is -1.99. The molecule has 0 heterocycles. The molecular weight excluding hydrogens is 267 g/mol. The van der Waals surface area contributed by atoms with Crippen molar-refractivity contribution in [1.29, 1.82) is 5.26 Å². The first-order valence-corrected chi connectivity index (χ1v) is 6.12. The van der Waals surface area contributed by atoms with E-state index in [0.29, 0.717) is 22.2 Å². The molecule has 0 spiro atoms. The van der Waals surface area contributed by atoms with Crippen LogP contribution in [0.25, 0.3) is 0 Å². The van der Waals surface area contributed by atoms with Crippen molar-refractivity contribution in [2.24, 2.45) is 0 Å². The number of anilines is 1. The largest absolute Gasteiger partial charge is 0.381 e. The lowest BCUT2D eigenvalue weighted by Gasteiger charge is -2.07. The molecule has 0 bridgehead atoms. The van der Waals surface area contributed by atoms with Crippen molar-refractivity contribution in [3.63, 3.8) is 0 Å². The van der Waals surface area contributed by atoms with Gasteiger partial charge in [-0.05, 0) is 35.9 Å². The Kier molecular flexibility index (Phi) is 4.09. The Balaban J connectivity index is 2.07. The number of benzene rings is 2. The van der Waals surface area contributed by atoms with Crippen molar-refractivity contribution >= 4 is 28.9 Å². The third-order valence-electron chi connectivity index (χ3n) is 2.47. The van der Waals surface area contributed by atoms with E-state index in [9.17, 15) is 0 Å². The Labute approximate surface area is 116 Å². The summed E-state index contributed by atoms with van der Waals surface area (Å²) in [6.45, 7) is 0.632. The van der Waals surface area contributed by atoms with Gasteiger partial charge in [0.1, 0.15) is 0 Å². The summed E-state index contributed by atoms with van der Waals surface area (Å²) in [4.78, 5) is 0. The van der Waals surface area contributed by atoms with Crippen molar-refractivity contribution in [3.05, 3.63) is 63.6 Å². The molecule has 1 N–H and O–H groups in total. The van der Waals surface area contributed by atoms with E-state index < -0.39 is 0 Å². The summed E-state index contributed by atoms with van der Waals surface area (Å²) < 4.78 is 0. The quantitative estimate of drug-likeness (QED) is 0.898. The second-order valence-electron chi connectivity index (χ2n) is 3.79. The Morgan fingerprint density at radius 1 is 1.06 bits per heavy atom. The predicted molar refractivity (Wildman–Crippen MR) is 74.9 cm³/mol. The number of nitrogens with zero attached hydrogens (tertiary/aromatic N) is 1. The van der Waals surface area contributed by atoms with Crippen LogP contribution in [-0.2, 0) is 6.54 Å². The summed E-state index contributed by atoms with van der Waals surface area (Å²) >= 11 is 11.8. The molecule has 0 saturated carbocycles. The maximum Gasteiger partial charge on any atom is 0.0991 e. The van der Waals surface area contributed by atoms with E-state index >= 15 is 0 Å². The molecule has 18 heavy (non-hydrogen) atoms. The Bertz CT molecular complexity index is 603. The third kappa shape index (κ3) is 3.16. The Hall–Kier alpha value is -1.69. The van der Waals surface area contributed by atoms with Crippen LogP contribution in [0.1, 0.15) is 11.1 Å². The normalized spacial score (nSPS) is 9.83. The van der Waals surface area contributed by atoms with E-state index in [-0.39, 0.29) is 0 Å². The molecular formula is C14H10Cl2N2. The van der Waals surface area contributed by atoms with Gasteiger partial charge in [0, 0.05) is 12.2 Å². The average Bonchev–Trinajstić information content (AvgIpc) is 2.40. The molecule has 2 aromatic carbocycles. The van der Waals surface area contributed by atoms with Gasteiger partial charge in [0.15, 0.2) is 0 Å². The zero-order valence-corrected chi connectivity index (χ0v) is 11.0. The highest BCUT2D eigenvalue weighted by Gasteiger charge is 2.00. The molecule has 2 nitrogen and oxygen atoms in total. The lowest BCUT2D eigenvalue weighted by atomic mass is 10.1. The van der Waals surface area contributed by atoms with Gasteiger partial charge in [0.25, 0.3) is 0 Å². The number of hydrogen-bond donors (Lipinski definition) is 1. The Morgan fingerprint density at radius 3 is 2.61 bits per heavy atom. The monoisotopic (exact) mass is 276 g/mol. The van der Waals surface area contributed by atoms with E-state index in [1.807, 2.05) is 24.3 Å². The van der Waals surface area contributed by atoms with Crippen molar-refractivity contribution in [2.45, 2.75) is 6.54 Å². The third-order valence-corrected chi connectivity index (χ3v) is 3.21. The highest BCUT2D eigenvalue weighted by atomic mass is 35.5. The second kappa shape index (κ2) is 5.77. The van der Waals surface area contributed by atoms with Gasteiger partial charge >= 0.3 is 0 Å². The molecule has 2 rings (SSSR count). The van der Waals surface area contributed by atoms with Crippen LogP contribution in [0.5, 0.6) is 0 Å². The predicted octanol–water partition coefficient (Wildman–Crippen LogP) is 4.48. The summed E-state index contributed by atoms with van der Waals surface area (Å²) in [6.07, 6.45) is 0. The van der Waals surface area contributed by atoms with Gasteiger partial charge in [-0.3, -0.25) is 0 Å². The molecule has 0 aliphatic heterocycles. The molecule has 4 heteroatoms. The van der Waals surface area contributed by atoms with Crippen LogP contribution in [0.3, 0.4) is 0 Å². The fourth-order valence-corrected chi connectivity index (χ4v) is 1.86. The zero-order valence-electron chi connectivity index (χ0n) is 9.45. The number of halogens is 2. The first kappa shape index (κ1) is 12.8. The second-order valence-corrected chi connectivity index (χ2v) is 4.61. The fourth-order valence-electron chi connectivity index (χ4n) is 1.56. The molecule has 0 unspecified atom stereocenters. The maximum atomic E-state index is 8.81. The lowest BCUT2D eigenvalue weighted by molar-refractivity contribution is 1.15. The van der Waals surface area contributed by atoms with E-state index in [1.165, 1.54) is 0 Å². The molecule has 2 aromatic rings. The van der Waals surface area contributed by atoms with Crippen LogP contribution in [0.4, 0.5) is 5.69 Å². The molecule has 90 valence electrons. The minimum atomic E-state index is 0.521. The average molecular weight is 277 g/mol. The molecule has 0 aliphatic carbocycles. The van der Waals surface area contributed by atoms with Crippen LogP contribution < -0.4 is 5.32 Å². The van der Waals surface area contributed by atoms with Gasteiger partial charge in [-0.25, -0.2) is 0 Å². The number of hydrogen-bond acceptors (Lipinski definition) is 2. The topological polar surface area (TPSA) is 35.8 Å². The molecule has 0 radical (unpaired) electrons. The van der Waals surface area contributed by atoms with Crippen LogP contribution >= 0.6 is 23.2 Å². The van der Waals surface area contributed by atoms with Gasteiger partial charge < -0.3 is 5.32 Å². The molecule has 0 atom stereocenters. The van der Waals surface area contributed by atoms with E-state index in [4.69, 9.17) is 28.5 Å². The SMILES string of the molecule is N#Cc1cccc(CNc2ccc(Cl)c(Cl)c2)c1. The maximum absolute atomic E-state index is 8.81. The van der Waals surface area contributed by atoms with Crippen LogP contribution in [0, 0.1) is 11.3 Å². The molecule has 0 saturated heterocycles. The number of nitriles is 1. The molecule has 0 aliphatic rings. The summed E-state index contributed by atoms with van der Waals surface area (Å²) in [5, 5.41) is 13.1. The minimum Gasteiger partial charge on any atom is -0.381 e. The van der Waals surface area contributed by atoms with Gasteiger partial charge in [-0.1, -0.05) is 35.3 Å². The first-order valence-electron chi connectivity index (χ1n) is 5.37. The van der Waals surface area contributed by atoms with E-state index in [1.54, 1.807) is 18.2 Å². The standard InChI is InChI=1S/C14H10Cl2N2/c15-13-5-4-12(7-14(13)16)18-9-11-3-1-2-10(6-11)8-17/h1-7,18H,9H2. The van der Waals surface area contributed by atoms with Crippen molar-refractivity contribution in [3.8, 4) is 6.07 Å². The van der Waals surface area contributed by atoms with Gasteiger partial charge in [-0.15, -0.1) is 0 Å². The van der Waals surface area contributed by atoms with E-state index in [0.717, 1.165) is 11.3 Å². The van der Waals surface area contributed by atoms with Crippen LogP contribution in [0.2, 0.25) is 10.0 Å². The molecule has 0 aromatic heterocycles. The zero-order chi connectivity index (χ0) is 13.0. The van der Waals surface area contributed by atoms with Gasteiger partial charge in [0.2, 0.25) is 0 Å². The number of rotatable bonds is 3. The highest BCUT2D eigenvalue weighted by molar-refractivity contribution is 6.42. The van der Waals surface area contributed by atoms with Crippen LogP contribution in [0.15, 0.2) is 42.5 Å². The summed E-state index contributed by atoms with van der Waals surface area (Å²) in [7, 11) is 0.